The van der Waals surface area contributed by atoms with Crippen LogP contribution in [0.3, 0.4) is 0 Å². The second-order valence-corrected chi connectivity index (χ2v) is 8.39. The molecule has 3 aromatic rings. The molecule has 178 valence electrons. The van der Waals surface area contributed by atoms with Crippen LogP contribution >= 0.6 is 0 Å². The van der Waals surface area contributed by atoms with Crippen LogP contribution in [-0.4, -0.2) is 48.0 Å². The van der Waals surface area contributed by atoms with Gasteiger partial charge in [0.15, 0.2) is 17.3 Å². The van der Waals surface area contributed by atoms with Crippen molar-refractivity contribution < 1.29 is 28.3 Å². The SMILES string of the molecule is COc1ccc(C2(C)NC(=O)N(CC(=O)c3cc(C)n(Cc4ccco4)c3C)C2=O)cc1OC. The lowest BCUT2D eigenvalue weighted by atomic mass is 9.91. The Labute approximate surface area is 197 Å². The number of urea groups is 1. The number of hydrogen-bond acceptors (Lipinski definition) is 6. The van der Waals surface area contributed by atoms with Gasteiger partial charge in [0.2, 0.25) is 0 Å². The summed E-state index contributed by atoms with van der Waals surface area (Å²) in [6.07, 6.45) is 1.60. The molecule has 0 aliphatic carbocycles. The third kappa shape index (κ3) is 3.83. The molecule has 0 spiro atoms. The Bertz CT molecular complexity index is 1260. The maximum atomic E-state index is 13.3. The molecule has 2 aromatic heterocycles. The molecule has 1 N–H and O–H groups in total. The van der Waals surface area contributed by atoms with Crippen LogP contribution in [0.25, 0.3) is 0 Å². The summed E-state index contributed by atoms with van der Waals surface area (Å²) in [6, 6.07) is 9.82. The Hall–Kier alpha value is -4.01. The molecule has 3 amide bonds. The summed E-state index contributed by atoms with van der Waals surface area (Å²) >= 11 is 0. The van der Waals surface area contributed by atoms with Gasteiger partial charge in [0.25, 0.3) is 5.91 Å². The van der Waals surface area contributed by atoms with Gasteiger partial charge in [0.1, 0.15) is 11.3 Å². The fourth-order valence-corrected chi connectivity index (χ4v) is 4.30. The van der Waals surface area contributed by atoms with Crippen molar-refractivity contribution >= 4 is 17.7 Å². The van der Waals surface area contributed by atoms with Crippen molar-refractivity contribution in [3.8, 4) is 11.5 Å². The quantitative estimate of drug-likeness (QED) is 0.404. The van der Waals surface area contributed by atoms with E-state index in [2.05, 4.69) is 5.32 Å². The first kappa shape index (κ1) is 23.2. The second-order valence-electron chi connectivity index (χ2n) is 8.39. The Morgan fingerprint density at radius 2 is 1.82 bits per heavy atom. The molecule has 4 rings (SSSR count). The minimum Gasteiger partial charge on any atom is -0.493 e. The van der Waals surface area contributed by atoms with Gasteiger partial charge < -0.3 is 23.8 Å². The van der Waals surface area contributed by atoms with E-state index in [1.807, 2.05) is 30.5 Å². The molecule has 1 unspecified atom stereocenters. The highest BCUT2D eigenvalue weighted by Crippen LogP contribution is 2.35. The topological polar surface area (TPSA) is 103 Å². The Morgan fingerprint density at radius 1 is 1.09 bits per heavy atom. The fourth-order valence-electron chi connectivity index (χ4n) is 4.30. The zero-order valence-corrected chi connectivity index (χ0v) is 19.8. The number of rotatable bonds is 8. The first-order chi connectivity index (χ1) is 16.2. The average molecular weight is 466 g/mol. The van der Waals surface area contributed by atoms with Crippen LogP contribution < -0.4 is 14.8 Å². The van der Waals surface area contributed by atoms with Crippen molar-refractivity contribution in [2.24, 2.45) is 0 Å². The van der Waals surface area contributed by atoms with Crippen LogP contribution in [0.4, 0.5) is 4.79 Å². The number of Topliss-reactive ketones (excluding diaryl/α,β-unsaturated/α-hetero) is 1. The summed E-state index contributed by atoms with van der Waals surface area (Å²) < 4.78 is 18.0. The Morgan fingerprint density at radius 3 is 2.47 bits per heavy atom. The van der Waals surface area contributed by atoms with Gasteiger partial charge in [0, 0.05) is 17.0 Å². The molecule has 1 aliphatic rings. The first-order valence-corrected chi connectivity index (χ1v) is 10.8. The lowest BCUT2D eigenvalue weighted by Crippen LogP contribution is -2.41. The zero-order valence-electron chi connectivity index (χ0n) is 19.8. The van der Waals surface area contributed by atoms with Crippen molar-refractivity contribution in [1.82, 2.24) is 14.8 Å². The van der Waals surface area contributed by atoms with Crippen molar-refractivity contribution in [2.75, 3.05) is 20.8 Å². The highest BCUT2D eigenvalue weighted by molar-refractivity contribution is 6.11. The van der Waals surface area contributed by atoms with E-state index in [1.165, 1.54) is 14.2 Å². The van der Waals surface area contributed by atoms with Gasteiger partial charge in [-0.1, -0.05) is 6.07 Å². The maximum Gasteiger partial charge on any atom is 0.325 e. The molecule has 34 heavy (non-hydrogen) atoms. The third-order valence-corrected chi connectivity index (χ3v) is 6.31. The van der Waals surface area contributed by atoms with E-state index in [0.717, 1.165) is 22.0 Å². The van der Waals surface area contributed by atoms with E-state index in [4.69, 9.17) is 13.9 Å². The number of aromatic nitrogens is 1. The average Bonchev–Trinajstić information content (AvgIpc) is 3.50. The van der Waals surface area contributed by atoms with Gasteiger partial charge in [-0.25, -0.2) is 4.79 Å². The molecule has 1 saturated heterocycles. The molecule has 0 radical (unpaired) electrons. The molecule has 3 heterocycles. The molecule has 9 nitrogen and oxygen atoms in total. The summed E-state index contributed by atoms with van der Waals surface area (Å²) in [5.74, 6) is 0.868. The van der Waals surface area contributed by atoms with Gasteiger partial charge in [-0.15, -0.1) is 0 Å². The predicted molar refractivity (Wildman–Crippen MR) is 123 cm³/mol. The van der Waals surface area contributed by atoms with Gasteiger partial charge in [-0.05, 0) is 56.7 Å². The summed E-state index contributed by atoms with van der Waals surface area (Å²) in [6.45, 7) is 5.46. The van der Waals surface area contributed by atoms with E-state index >= 15 is 0 Å². The monoisotopic (exact) mass is 465 g/mol. The standard InChI is InChI=1S/C25H27N3O6/c1-15-11-19(16(2)27(15)13-18-7-6-10-34-18)20(29)14-28-23(30)25(3,26-24(28)31)17-8-9-21(32-4)22(12-17)33-5/h6-12H,13-14H2,1-5H3,(H,26,31). The van der Waals surface area contributed by atoms with Gasteiger partial charge >= 0.3 is 6.03 Å². The Kier molecular flexibility index (Phi) is 5.95. The normalized spacial score (nSPS) is 17.7. The molecular formula is C25H27N3O6. The van der Waals surface area contributed by atoms with E-state index in [1.54, 1.807) is 37.5 Å². The van der Waals surface area contributed by atoms with Gasteiger partial charge in [0.05, 0.1) is 33.6 Å². The third-order valence-electron chi connectivity index (χ3n) is 6.31. The molecule has 1 fully saturated rings. The number of ketones is 1. The number of amides is 3. The molecule has 0 saturated carbocycles. The number of aryl methyl sites for hydroxylation is 1. The summed E-state index contributed by atoms with van der Waals surface area (Å²) in [5.41, 5.74) is 1.27. The van der Waals surface area contributed by atoms with Gasteiger partial charge in [-0.2, -0.15) is 0 Å². The van der Waals surface area contributed by atoms with Crippen LogP contribution in [0.1, 0.15) is 40.0 Å². The summed E-state index contributed by atoms with van der Waals surface area (Å²) in [7, 11) is 3.01. The number of benzene rings is 1. The lowest BCUT2D eigenvalue weighted by Gasteiger charge is -2.23. The summed E-state index contributed by atoms with van der Waals surface area (Å²) in [5, 5.41) is 2.72. The predicted octanol–water partition coefficient (Wildman–Crippen LogP) is 3.41. The van der Waals surface area contributed by atoms with Crippen molar-refractivity contribution in [3.05, 3.63) is 70.9 Å². The molecular weight excluding hydrogens is 438 g/mol. The number of ether oxygens (including phenoxy) is 2. The van der Waals surface area contributed by atoms with E-state index in [-0.39, 0.29) is 12.3 Å². The first-order valence-electron chi connectivity index (χ1n) is 10.8. The van der Waals surface area contributed by atoms with Crippen LogP contribution in [0.15, 0.2) is 47.1 Å². The van der Waals surface area contributed by atoms with Crippen molar-refractivity contribution in [3.63, 3.8) is 0 Å². The van der Waals surface area contributed by atoms with Crippen LogP contribution in [0.2, 0.25) is 0 Å². The molecule has 0 bridgehead atoms. The fraction of sp³-hybridized carbons (Fsp3) is 0.320. The number of methoxy groups -OCH3 is 2. The number of hydrogen-bond donors (Lipinski definition) is 1. The van der Waals surface area contributed by atoms with Crippen molar-refractivity contribution in [1.29, 1.82) is 0 Å². The van der Waals surface area contributed by atoms with Gasteiger partial charge in [-0.3, -0.25) is 14.5 Å². The molecule has 1 aliphatic heterocycles. The smallest absolute Gasteiger partial charge is 0.325 e. The highest BCUT2D eigenvalue weighted by atomic mass is 16.5. The lowest BCUT2D eigenvalue weighted by molar-refractivity contribution is -0.130. The molecule has 1 aromatic carbocycles. The second kappa shape index (κ2) is 8.74. The zero-order chi connectivity index (χ0) is 24.6. The number of imide groups is 1. The summed E-state index contributed by atoms with van der Waals surface area (Å²) in [4.78, 5) is 40.2. The molecule has 1 atom stereocenters. The van der Waals surface area contributed by atoms with E-state index in [0.29, 0.717) is 29.2 Å². The molecule has 9 heteroatoms. The minimum absolute atomic E-state index is 0.321. The van der Waals surface area contributed by atoms with Crippen molar-refractivity contribution in [2.45, 2.75) is 32.9 Å². The minimum atomic E-state index is -1.34. The maximum absolute atomic E-state index is 13.3. The number of carbonyl (C=O) groups excluding carboxylic acids is 3. The number of nitrogens with zero attached hydrogens (tertiary/aromatic N) is 2. The van der Waals surface area contributed by atoms with Crippen LogP contribution in [-0.2, 0) is 16.9 Å². The number of carbonyl (C=O) groups is 3. The largest absolute Gasteiger partial charge is 0.493 e. The highest BCUT2D eigenvalue weighted by Gasteiger charge is 2.49. The number of nitrogens with one attached hydrogen (secondary N) is 1. The van der Waals surface area contributed by atoms with Crippen LogP contribution in [0.5, 0.6) is 11.5 Å². The number of furan rings is 1. The Balaban J connectivity index is 1.57. The van der Waals surface area contributed by atoms with E-state index < -0.39 is 17.5 Å². The van der Waals surface area contributed by atoms with E-state index in [9.17, 15) is 14.4 Å². The van der Waals surface area contributed by atoms with Crippen LogP contribution in [0, 0.1) is 13.8 Å².